The number of nitrogens with zero attached hydrogens (tertiary/aromatic N) is 2. The summed E-state index contributed by atoms with van der Waals surface area (Å²) >= 11 is 1.81. The third kappa shape index (κ3) is 5.53. The molecule has 8 aromatic rings. The molecule has 1 N–H and O–H groups in total. The van der Waals surface area contributed by atoms with Gasteiger partial charge >= 0.3 is 0 Å². The molecule has 0 saturated heterocycles. The van der Waals surface area contributed by atoms with Crippen molar-refractivity contribution >= 4 is 54.3 Å². The summed E-state index contributed by atoms with van der Waals surface area (Å²) in [5.41, 5.74) is 6.79. The molecule has 0 bridgehead atoms. The molecular formula is C38H29IrN2O2S-. The van der Waals surface area contributed by atoms with Gasteiger partial charge in [0, 0.05) is 47.8 Å². The first-order valence-corrected chi connectivity index (χ1v) is 15.0. The van der Waals surface area contributed by atoms with E-state index >= 15 is 0 Å². The van der Waals surface area contributed by atoms with Gasteiger partial charge in [0.2, 0.25) is 0 Å². The van der Waals surface area contributed by atoms with Gasteiger partial charge in [-0.3, -0.25) is 9.97 Å². The number of fused-ring (bicyclic) bond motifs is 5. The molecule has 4 heterocycles. The molecule has 4 aromatic heterocycles. The molecule has 44 heavy (non-hydrogen) atoms. The monoisotopic (exact) mass is 770 g/mol. The predicted molar refractivity (Wildman–Crippen MR) is 179 cm³/mol. The Morgan fingerprint density at radius 2 is 1.55 bits per heavy atom. The smallest absolute Gasteiger partial charge is 0.154 e. The third-order valence-electron chi connectivity index (χ3n) is 7.56. The molecule has 219 valence electrons. The second-order valence-corrected chi connectivity index (χ2v) is 12.6. The molecule has 0 atom stereocenters. The number of phenols is 1. The number of pyridine rings is 2. The average Bonchev–Trinajstić information content (AvgIpc) is 3.63. The molecule has 0 saturated carbocycles. The van der Waals surface area contributed by atoms with Gasteiger partial charge in [-0.25, -0.2) is 0 Å². The molecule has 0 spiro atoms. The Balaban J connectivity index is 0.000000191. The van der Waals surface area contributed by atoms with Crippen LogP contribution in [0.15, 0.2) is 120 Å². The van der Waals surface area contributed by atoms with Crippen LogP contribution in [0.4, 0.5) is 0 Å². The second-order valence-electron chi connectivity index (χ2n) is 11.5. The molecule has 0 aliphatic rings. The van der Waals surface area contributed by atoms with Crippen LogP contribution in [0.1, 0.15) is 26.3 Å². The van der Waals surface area contributed by atoms with Crippen LogP contribution in [0.3, 0.4) is 0 Å². The third-order valence-corrected chi connectivity index (χ3v) is 8.77. The van der Waals surface area contributed by atoms with Crippen LogP contribution in [0, 0.1) is 6.07 Å². The molecule has 1 radical (unpaired) electrons. The maximum Gasteiger partial charge on any atom is 0.154 e. The number of hydrogen-bond acceptors (Lipinski definition) is 5. The topological polar surface area (TPSA) is 59.2 Å². The molecule has 0 fully saturated rings. The van der Waals surface area contributed by atoms with E-state index in [4.69, 9.17) is 9.40 Å². The van der Waals surface area contributed by atoms with Crippen LogP contribution in [-0.2, 0) is 25.5 Å². The Morgan fingerprint density at radius 3 is 2.36 bits per heavy atom. The SMILES string of the molecule is CC(C)(C)c1cc(-c2nccc3cc(-c4ccccc4)sc23)[c-]c2ccccc12.Oc1cccc2oc3cccnc3c12.[Ir]. The number of aromatic hydroxyl groups is 1. The van der Waals surface area contributed by atoms with Crippen molar-refractivity contribution in [1.82, 2.24) is 9.97 Å². The number of hydrogen-bond donors (Lipinski definition) is 1. The van der Waals surface area contributed by atoms with E-state index in [0.29, 0.717) is 22.1 Å². The molecule has 8 rings (SSSR count). The number of rotatable bonds is 2. The summed E-state index contributed by atoms with van der Waals surface area (Å²) in [6.45, 7) is 6.81. The summed E-state index contributed by atoms with van der Waals surface area (Å²) in [6.07, 6.45) is 3.60. The van der Waals surface area contributed by atoms with Gasteiger partial charge in [0.1, 0.15) is 16.8 Å². The fraction of sp³-hybridized carbons (Fsp3) is 0.105. The van der Waals surface area contributed by atoms with Gasteiger partial charge in [0.05, 0.1) is 5.39 Å². The van der Waals surface area contributed by atoms with E-state index < -0.39 is 0 Å². The van der Waals surface area contributed by atoms with Gasteiger partial charge in [0.15, 0.2) is 5.58 Å². The zero-order chi connectivity index (χ0) is 29.6. The first-order valence-electron chi connectivity index (χ1n) is 14.2. The van der Waals surface area contributed by atoms with Gasteiger partial charge in [-0.2, -0.15) is 0 Å². The number of aromatic nitrogens is 2. The molecule has 6 heteroatoms. The maximum atomic E-state index is 9.66. The van der Waals surface area contributed by atoms with E-state index in [1.807, 2.05) is 35.7 Å². The molecule has 0 unspecified atom stereocenters. The molecule has 4 aromatic carbocycles. The minimum atomic E-state index is 0. The Bertz CT molecular complexity index is 2250. The normalized spacial score (nSPS) is 11.4. The molecule has 0 aliphatic carbocycles. The Morgan fingerprint density at radius 1 is 0.773 bits per heavy atom. The van der Waals surface area contributed by atoms with Crippen molar-refractivity contribution in [2.24, 2.45) is 0 Å². The number of phenolic OH excluding ortho intramolecular Hbond substituents is 1. The van der Waals surface area contributed by atoms with E-state index in [9.17, 15) is 5.11 Å². The second kappa shape index (κ2) is 12.0. The van der Waals surface area contributed by atoms with Crippen LogP contribution in [0.25, 0.3) is 64.6 Å². The van der Waals surface area contributed by atoms with E-state index in [1.165, 1.54) is 31.5 Å². The zero-order valence-electron chi connectivity index (χ0n) is 24.5. The zero-order valence-corrected chi connectivity index (χ0v) is 27.7. The van der Waals surface area contributed by atoms with Gasteiger partial charge in [0.25, 0.3) is 0 Å². The average molecular weight is 770 g/mol. The van der Waals surface area contributed by atoms with Crippen LogP contribution < -0.4 is 0 Å². The largest absolute Gasteiger partial charge is 0.507 e. The minimum Gasteiger partial charge on any atom is -0.507 e. The number of benzene rings is 4. The first-order chi connectivity index (χ1) is 20.9. The summed E-state index contributed by atoms with van der Waals surface area (Å²) in [7, 11) is 0. The van der Waals surface area contributed by atoms with Crippen LogP contribution in [0.2, 0.25) is 0 Å². The van der Waals surface area contributed by atoms with Crippen LogP contribution >= 0.6 is 11.3 Å². The standard InChI is InChI=1S/C27H22NS.C11H7NO2.Ir/c1-27(2,3)23-16-21(15-19-11-7-8-12-22(19)23)25-26-20(13-14-28-25)17-24(29-26)18-9-5-4-6-10-18;13-7-3-1-4-8-10(7)11-9(14-8)5-2-6-12-11;/h4-14,16-17H,1-3H3;1-6,13H;/q-1;;. The van der Waals surface area contributed by atoms with Crippen molar-refractivity contribution in [3.63, 3.8) is 0 Å². The van der Waals surface area contributed by atoms with E-state index in [1.54, 1.807) is 18.3 Å². The van der Waals surface area contributed by atoms with Crippen molar-refractivity contribution in [2.75, 3.05) is 0 Å². The number of furan rings is 1. The van der Waals surface area contributed by atoms with Gasteiger partial charge in [-0.05, 0) is 52.8 Å². The van der Waals surface area contributed by atoms with Crippen molar-refractivity contribution in [3.8, 4) is 27.4 Å². The fourth-order valence-electron chi connectivity index (χ4n) is 5.50. The van der Waals surface area contributed by atoms with E-state index in [2.05, 4.69) is 105 Å². The summed E-state index contributed by atoms with van der Waals surface area (Å²) in [5, 5.41) is 14.0. The van der Waals surface area contributed by atoms with Crippen molar-refractivity contribution in [1.29, 1.82) is 0 Å². The van der Waals surface area contributed by atoms with E-state index in [0.717, 1.165) is 16.6 Å². The molecule has 4 nitrogen and oxygen atoms in total. The minimum absolute atomic E-state index is 0. The van der Waals surface area contributed by atoms with Crippen molar-refractivity contribution < 1.29 is 29.6 Å². The van der Waals surface area contributed by atoms with Gasteiger partial charge < -0.3 is 9.52 Å². The van der Waals surface area contributed by atoms with Crippen molar-refractivity contribution in [2.45, 2.75) is 26.2 Å². The van der Waals surface area contributed by atoms with E-state index in [-0.39, 0.29) is 31.3 Å². The maximum absolute atomic E-state index is 9.66. The summed E-state index contributed by atoms with van der Waals surface area (Å²) in [5.74, 6) is 0.208. The summed E-state index contributed by atoms with van der Waals surface area (Å²) < 4.78 is 6.73. The van der Waals surface area contributed by atoms with Crippen molar-refractivity contribution in [3.05, 3.63) is 127 Å². The van der Waals surface area contributed by atoms with Gasteiger partial charge in [-0.1, -0.05) is 86.3 Å². The van der Waals surface area contributed by atoms with Crippen LogP contribution in [-0.4, -0.2) is 15.1 Å². The summed E-state index contributed by atoms with van der Waals surface area (Å²) in [6, 6.07) is 38.2. The molecular weight excluding hydrogens is 741 g/mol. The summed E-state index contributed by atoms with van der Waals surface area (Å²) in [4.78, 5) is 10.2. The first kappa shape index (κ1) is 29.7. The Kier molecular flexibility index (Phi) is 8.08. The molecule has 0 amide bonds. The number of thiophene rings is 1. The predicted octanol–water partition coefficient (Wildman–Crippen LogP) is 10.6. The quantitative estimate of drug-likeness (QED) is 0.178. The Hall–Kier alpha value is -4.35. The van der Waals surface area contributed by atoms with Gasteiger partial charge in [-0.15, -0.1) is 40.5 Å². The molecule has 0 aliphatic heterocycles. The van der Waals surface area contributed by atoms with Crippen LogP contribution in [0.5, 0.6) is 5.75 Å². The fourth-order valence-corrected chi connectivity index (χ4v) is 6.67. The Labute approximate surface area is 273 Å².